The number of nitrogens with one attached hydrogen (secondary N) is 1. The van der Waals surface area contributed by atoms with Crippen LogP contribution in [0.25, 0.3) is 11.0 Å². The summed E-state index contributed by atoms with van der Waals surface area (Å²) >= 11 is 1.41. The van der Waals surface area contributed by atoms with Crippen molar-refractivity contribution in [1.82, 2.24) is 18.9 Å². The lowest BCUT2D eigenvalue weighted by atomic mass is 10.3. The Balaban J connectivity index is 1.55. The Morgan fingerprint density at radius 2 is 2.21 bits per heavy atom. The van der Waals surface area contributed by atoms with E-state index in [1.54, 1.807) is 0 Å². The quantitative estimate of drug-likeness (QED) is 0.726. The summed E-state index contributed by atoms with van der Waals surface area (Å²) < 4.78 is 6.32. The van der Waals surface area contributed by atoms with Crippen molar-refractivity contribution in [2.24, 2.45) is 0 Å². The summed E-state index contributed by atoms with van der Waals surface area (Å²) in [5.41, 5.74) is 2.24. The third-order valence-electron chi connectivity index (χ3n) is 2.91. The van der Waals surface area contributed by atoms with E-state index in [-0.39, 0.29) is 0 Å². The van der Waals surface area contributed by atoms with Gasteiger partial charge >= 0.3 is 0 Å². The van der Waals surface area contributed by atoms with Crippen LogP contribution < -0.4 is 5.32 Å². The van der Waals surface area contributed by atoms with Crippen molar-refractivity contribution in [3.63, 3.8) is 0 Å². The van der Waals surface area contributed by atoms with Crippen molar-refractivity contribution < 1.29 is 0 Å². The molecule has 0 saturated heterocycles. The Hall–Kier alpha value is -1.95. The third kappa shape index (κ3) is 2.73. The van der Waals surface area contributed by atoms with Crippen molar-refractivity contribution in [3.05, 3.63) is 36.4 Å². The summed E-state index contributed by atoms with van der Waals surface area (Å²) in [5, 5.41) is 4.18. The molecule has 2 aromatic heterocycles. The van der Waals surface area contributed by atoms with Gasteiger partial charge in [-0.3, -0.25) is 0 Å². The van der Waals surface area contributed by atoms with Gasteiger partial charge in [-0.05, 0) is 25.5 Å². The summed E-state index contributed by atoms with van der Waals surface area (Å²) in [4.78, 5) is 8.65. The van der Waals surface area contributed by atoms with Crippen LogP contribution in [0.15, 0.2) is 30.6 Å². The maximum absolute atomic E-state index is 4.38. The van der Waals surface area contributed by atoms with Gasteiger partial charge in [-0.15, -0.1) is 0 Å². The number of aromatic nitrogens is 4. The van der Waals surface area contributed by atoms with Crippen molar-refractivity contribution in [1.29, 1.82) is 0 Å². The maximum Gasteiger partial charge on any atom is 0.202 e. The highest BCUT2D eigenvalue weighted by atomic mass is 32.1. The standard InChI is InChI=1S/C13H15N5S/c1-10-16-13(19-17-10)14-7-4-8-18-9-15-11-5-2-3-6-12(11)18/h2-3,5-6,9H,4,7-8H2,1H3,(H,14,16,17). The number of hydrogen-bond donors (Lipinski definition) is 1. The minimum absolute atomic E-state index is 0.827. The highest BCUT2D eigenvalue weighted by Crippen LogP contribution is 2.13. The van der Waals surface area contributed by atoms with Gasteiger partial charge in [-0.2, -0.15) is 4.37 Å². The molecule has 0 aliphatic heterocycles. The highest BCUT2D eigenvalue weighted by molar-refractivity contribution is 7.09. The Morgan fingerprint density at radius 3 is 3.05 bits per heavy atom. The van der Waals surface area contributed by atoms with E-state index in [4.69, 9.17) is 0 Å². The van der Waals surface area contributed by atoms with Gasteiger partial charge in [-0.1, -0.05) is 12.1 Å². The van der Waals surface area contributed by atoms with Crippen LogP contribution in [-0.4, -0.2) is 25.5 Å². The van der Waals surface area contributed by atoms with E-state index < -0.39 is 0 Å². The summed E-state index contributed by atoms with van der Waals surface area (Å²) in [6.45, 7) is 3.74. The molecule has 19 heavy (non-hydrogen) atoms. The van der Waals surface area contributed by atoms with E-state index >= 15 is 0 Å². The third-order valence-corrected chi connectivity index (χ3v) is 3.67. The predicted octanol–water partition coefficient (Wildman–Crippen LogP) is 2.70. The second-order valence-electron chi connectivity index (χ2n) is 4.35. The predicted molar refractivity (Wildman–Crippen MR) is 77.5 cm³/mol. The SMILES string of the molecule is Cc1nsc(NCCCn2cnc3ccccc32)n1. The molecular formula is C13H15N5S. The van der Waals surface area contributed by atoms with Gasteiger partial charge in [0, 0.05) is 24.6 Å². The average molecular weight is 273 g/mol. The van der Waals surface area contributed by atoms with Crippen molar-refractivity contribution >= 4 is 27.7 Å². The molecule has 0 aliphatic rings. The largest absolute Gasteiger partial charge is 0.360 e. The zero-order valence-corrected chi connectivity index (χ0v) is 11.5. The molecule has 1 aromatic carbocycles. The minimum atomic E-state index is 0.827. The molecular weight excluding hydrogens is 258 g/mol. The zero-order chi connectivity index (χ0) is 13.1. The van der Waals surface area contributed by atoms with Gasteiger partial charge in [-0.25, -0.2) is 9.97 Å². The van der Waals surface area contributed by atoms with Gasteiger partial charge in [0.25, 0.3) is 0 Å². The van der Waals surface area contributed by atoms with Crippen LogP contribution in [-0.2, 0) is 6.54 Å². The molecule has 5 nitrogen and oxygen atoms in total. The second kappa shape index (κ2) is 5.36. The molecule has 0 bridgehead atoms. The Labute approximate surface area is 115 Å². The zero-order valence-electron chi connectivity index (χ0n) is 10.7. The number of nitrogens with zero attached hydrogens (tertiary/aromatic N) is 4. The van der Waals surface area contributed by atoms with Crippen molar-refractivity contribution in [2.75, 3.05) is 11.9 Å². The molecule has 2 heterocycles. The number of fused-ring (bicyclic) bond motifs is 1. The van der Waals surface area contributed by atoms with Crippen LogP contribution >= 0.6 is 11.5 Å². The van der Waals surface area contributed by atoms with Crippen LogP contribution in [0.2, 0.25) is 0 Å². The molecule has 3 aromatic rings. The topological polar surface area (TPSA) is 55.6 Å². The van der Waals surface area contributed by atoms with Gasteiger partial charge < -0.3 is 9.88 Å². The number of rotatable bonds is 5. The number of anilines is 1. The average Bonchev–Trinajstić information content (AvgIpc) is 3.02. The van der Waals surface area contributed by atoms with Crippen LogP contribution in [0.4, 0.5) is 5.13 Å². The molecule has 0 fully saturated rings. The molecule has 0 saturated carbocycles. The summed E-state index contributed by atoms with van der Waals surface area (Å²) in [6.07, 6.45) is 2.93. The number of imidazole rings is 1. The van der Waals surface area contributed by atoms with E-state index in [1.165, 1.54) is 17.0 Å². The second-order valence-corrected chi connectivity index (χ2v) is 5.11. The first kappa shape index (κ1) is 12.1. The van der Waals surface area contributed by atoms with E-state index in [9.17, 15) is 0 Å². The van der Waals surface area contributed by atoms with E-state index in [1.807, 2.05) is 31.5 Å². The summed E-state index contributed by atoms with van der Waals surface area (Å²) in [6, 6.07) is 8.19. The van der Waals surface area contributed by atoms with E-state index in [2.05, 4.69) is 30.3 Å². The molecule has 3 rings (SSSR count). The van der Waals surface area contributed by atoms with Gasteiger partial charge in [0.2, 0.25) is 5.13 Å². The van der Waals surface area contributed by atoms with Crippen molar-refractivity contribution in [2.45, 2.75) is 19.9 Å². The lowest BCUT2D eigenvalue weighted by Crippen LogP contribution is -2.06. The van der Waals surface area contributed by atoms with Crippen molar-refractivity contribution in [3.8, 4) is 0 Å². The van der Waals surface area contributed by atoms with Crippen LogP contribution in [0.1, 0.15) is 12.2 Å². The molecule has 0 amide bonds. The Kier molecular flexibility index (Phi) is 3.41. The van der Waals surface area contributed by atoms with E-state index in [0.29, 0.717) is 0 Å². The normalized spacial score (nSPS) is 11.0. The highest BCUT2D eigenvalue weighted by Gasteiger charge is 2.01. The molecule has 1 N–H and O–H groups in total. The Bertz CT molecular complexity index is 672. The molecule has 0 aliphatic carbocycles. The molecule has 0 unspecified atom stereocenters. The van der Waals surface area contributed by atoms with Gasteiger partial charge in [0.05, 0.1) is 17.4 Å². The smallest absolute Gasteiger partial charge is 0.202 e. The minimum Gasteiger partial charge on any atom is -0.360 e. The summed E-state index contributed by atoms with van der Waals surface area (Å²) in [5.74, 6) is 0.827. The maximum atomic E-state index is 4.38. The summed E-state index contributed by atoms with van der Waals surface area (Å²) in [7, 11) is 0. The lowest BCUT2D eigenvalue weighted by molar-refractivity contribution is 0.677. The molecule has 98 valence electrons. The molecule has 0 spiro atoms. The Morgan fingerprint density at radius 1 is 1.32 bits per heavy atom. The van der Waals surface area contributed by atoms with Crippen LogP contribution in [0.3, 0.4) is 0 Å². The molecule has 6 heteroatoms. The fraction of sp³-hybridized carbons (Fsp3) is 0.308. The lowest BCUT2D eigenvalue weighted by Gasteiger charge is -2.04. The molecule has 0 atom stereocenters. The number of aryl methyl sites for hydroxylation is 2. The number of para-hydroxylation sites is 2. The first-order valence-corrected chi connectivity index (χ1v) is 7.04. The molecule has 0 radical (unpaired) electrons. The first-order chi connectivity index (χ1) is 9.33. The van der Waals surface area contributed by atoms with Gasteiger partial charge in [0.15, 0.2) is 0 Å². The number of benzene rings is 1. The van der Waals surface area contributed by atoms with Gasteiger partial charge in [0.1, 0.15) is 5.82 Å². The monoisotopic (exact) mass is 273 g/mol. The fourth-order valence-corrected chi connectivity index (χ4v) is 2.60. The first-order valence-electron chi connectivity index (χ1n) is 6.27. The fourth-order valence-electron chi connectivity index (χ4n) is 2.00. The number of hydrogen-bond acceptors (Lipinski definition) is 5. The van der Waals surface area contributed by atoms with Crippen LogP contribution in [0, 0.1) is 6.92 Å². The van der Waals surface area contributed by atoms with Crippen LogP contribution in [0.5, 0.6) is 0 Å². The van der Waals surface area contributed by atoms with E-state index in [0.717, 1.165) is 36.0 Å².